The van der Waals surface area contributed by atoms with Crippen LogP contribution in [0.4, 0.5) is 0 Å². The molecule has 1 saturated heterocycles. The molecule has 0 amide bonds. The highest BCUT2D eigenvalue weighted by Crippen LogP contribution is 2.24. The van der Waals surface area contributed by atoms with E-state index in [9.17, 15) is 8.42 Å². The van der Waals surface area contributed by atoms with E-state index in [4.69, 9.17) is 11.6 Å². The molecule has 128 valence electrons. The summed E-state index contributed by atoms with van der Waals surface area (Å²) in [5.74, 6) is 0. The predicted molar refractivity (Wildman–Crippen MR) is 96.6 cm³/mol. The van der Waals surface area contributed by atoms with Crippen molar-refractivity contribution in [3.8, 4) is 0 Å². The number of hydrogen-bond donors (Lipinski definition) is 0. The Morgan fingerprint density at radius 3 is 2.08 bits per heavy atom. The highest BCUT2D eigenvalue weighted by Gasteiger charge is 2.30. The molecule has 0 aromatic heterocycles. The van der Waals surface area contributed by atoms with Gasteiger partial charge in [0.2, 0.25) is 10.0 Å². The Bertz CT molecular complexity index is 770. The zero-order valence-electron chi connectivity index (χ0n) is 13.6. The molecular weight excluding hydrogens is 344 g/mol. The van der Waals surface area contributed by atoms with Gasteiger partial charge in [-0.3, -0.25) is 4.90 Å². The molecule has 0 bridgehead atoms. The minimum Gasteiger partial charge on any atom is -0.294 e. The molecule has 6 heteroatoms. The average molecular weight is 365 g/mol. The maximum atomic E-state index is 12.7. The molecule has 1 heterocycles. The molecule has 0 spiro atoms. The zero-order valence-corrected chi connectivity index (χ0v) is 15.2. The molecule has 0 unspecified atom stereocenters. The summed E-state index contributed by atoms with van der Waals surface area (Å²) < 4.78 is 27.0. The molecule has 1 fully saturated rings. The second-order valence-corrected chi connectivity index (χ2v) is 8.36. The lowest BCUT2D eigenvalue weighted by atomic mass is 10.1. The molecular formula is C18H21ClN2O2S. The topological polar surface area (TPSA) is 40.6 Å². The first-order chi connectivity index (χ1) is 11.5. The minimum absolute atomic E-state index is 0.284. The number of hydrogen-bond acceptors (Lipinski definition) is 3. The van der Waals surface area contributed by atoms with Crippen molar-refractivity contribution in [3.05, 3.63) is 65.2 Å². The first-order valence-electron chi connectivity index (χ1n) is 8.03. The molecule has 3 rings (SSSR count). The lowest BCUT2D eigenvalue weighted by Crippen LogP contribution is -2.49. The molecule has 0 saturated carbocycles. The third-order valence-electron chi connectivity index (χ3n) is 4.55. The second kappa shape index (κ2) is 7.23. The van der Waals surface area contributed by atoms with Crippen molar-refractivity contribution in [2.75, 3.05) is 26.2 Å². The summed E-state index contributed by atoms with van der Waals surface area (Å²) >= 11 is 5.84. The normalized spacial score (nSPS) is 18.4. The van der Waals surface area contributed by atoms with Crippen molar-refractivity contribution in [1.29, 1.82) is 0 Å². The van der Waals surface area contributed by atoms with E-state index < -0.39 is 10.0 Å². The van der Waals surface area contributed by atoms with Gasteiger partial charge in [0.1, 0.15) is 0 Å². The molecule has 0 radical (unpaired) electrons. The van der Waals surface area contributed by atoms with Crippen LogP contribution in [0.5, 0.6) is 0 Å². The summed E-state index contributed by atoms with van der Waals surface area (Å²) in [4.78, 5) is 2.62. The summed E-state index contributed by atoms with van der Waals surface area (Å²) in [5.41, 5.74) is 1.26. The molecule has 24 heavy (non-hydrogen) atoms. The Balaban J connectivity index is 1.67. The van der Waals surface area contributed by atoms with Crippen molar-refractivity contribution in [3.63, 3.8) is 0 Å². The van der Waals surface area contributed by atoms with Gasteiger partial charge >= 0.3 is 0 Å². The van der Waals surface area contributed by atoms with E-state index in [0.29, 0.717) is 23.0 Å². The monoisotopic (exact) mass is 364 g/mol. The van der Waals surface area contributed by atoms with Gasteiger partial charge in [-0.25, -0.2) is 8.42 Å². The molecule has 1 aliphatic rings. The fourth-order valence-electron chi connectivity index (χ4n) is 3.03. The van der Waals surface area contributed by atoms with Crippen LogP contribution in [-0.4, -0.2) is 43.8 Å². The van der Waals surface area contributed by atoms with Crippen LogP contribution >= 0.6 is 11.6 Å². The molecule has 2 aromatic carbocycles. The summed E-state index contributed by atoms with van der Waals surface area (Å²) in [6.07, 6.45) is 0. The quantitative estimate of drug-likeness (QED) is 0.834. The SMILES string of the molecule is C[C@H](c1ccccc1)N1CCN(S(=O)(=O)c2ccc(Cl)cc2)CC1. The predicted octanol–water partition coefficient (Wildman–Crippen LogP) is 3.41. The zero-order chi connectivity index (χ0) is 17.2. The summed E-state index contributed by atoms with van der Waals surface area (Å²) in [7, 11) is -3.44. The van der Waals surface area contributed by atoms with Gasteiger partial charge < -0.3 is 0 Å². The van der Waals surface area contributed by atoms with Crippen LogP contribution in [0, 0.1) is 0 Å². The lowest BCUT2D eigenvalue weighted by molar-refractivity contribution is 0.146. The second-order valence-electron chi connectivity index (χ2n) is 5.98. The molecule has 1 aliphatic heterocycles. The van der Waals surface area contributed by atoms with E-state index in [1.54, 1.807) is 28.6 Å². The number of sulfonamides is 1. The van der Waals surface area contributed by atoms with Crippen LogP contribution in [0.1, 0.15) is 18.5 Å². The smallest absolute Gasteiger partial charge is 0.243 e. The van der Waals surface area contributed by atoms with Crippen molar-refractivity contribution in [2.45, 2.75) is 17.9 Å². The van der Waals surface area contributed by atoms with Crippen molar-refractivity contribution < 1.29 is 8.42 Å². The summed E-state index contributed by atoms with van der Waals surface area (Å²) in [5, 5.41) is 0.537. The summed E-state index contributed by atoms with van der Waals surface area (Å²) in [6, 6.07) is 16.9. The molecule has 0 aliphatic carbocycles. The Morgan fingerprint density at radius 2 is 1.50 bits per heavy atom. The van der Waals surface area contributed by atoms with Gasteiger partial charge in [0.05, 0.1) is 4.90 Å². The van der Waals surface area contributed by atoms with Gasteiger partial charge in [0.25, 0.3) is 0 Å². The minimum atomic E-state index is -3.44. The maximum absolute atomic E-state index is 12.7. The van der Waals surface area contributed by atoms with E-state index >= 15 is 0 Å². The molecule has 0 N–H and O–H groups in total. The fraction of sp³-hybridized carbons (Fsp3) is 0.333. The Labute approximate surface area is 148 Å². The largest absolute Gasteiger partial charge is 0.294 e. The van der Waals surface area contributed by atoms with Crippen LogP contribution in [-0.2, 0) is 10.0 Å². The van der Waals surface area contributed by atoms with E-state index in [2.05, 4.69) is 24.0 Å². The van der Waals surface area contributed by atoms with Gasteiger partial charge in [-0.15, -0.1) is 0 Å². The van der Waals surface area contributed by atoms with Gasteiger partial charge in [0.15, 0.2) is 0 Å². The standard InChI is InChI=1S/C18H21ClN2O2S/c1-15(16-5-3-2-4-6-16)20-11-13-21(14-12-20)24(22,23)18-9-7-17(19)8-10-18/h2-10,15H,11-14H2,1H3/t15-/m1/s1. The maximum Gasteiger partial charge on any atom is 0.243 e. The van der Waals surface area contributed by atoms with E-state index in [1.165, 1.54) is 5.56 Å². The van der Waals surface area contributed by atoms with Crippen molar-refractivity contribution >= 4 is 21.6 Å². The van der Waals surface area contributed by atoms with Gasteiger partial charge in [-0.2, -0.15) is 4.31 Å². The third-order valence-corrected chi connectivity index (χ3v) is 6.72. The van der Waals surface area contributed by atoms with Crippen LogP contribution in [0.15, 0.2) is 59.5 Å². The highest BCUT2D eigenvalue weighted by molar-refractivity contribution is 7.89. The highest BCUT2D eigenvalue weighted by atomic mass is 35.5. The Morgan fingerprint density at radius 1 is 0.917 bits per heavy atom. The van der Waals surface area contributed by atoms with Crippen molar-refractivity contribution in [2.24, 2.45) is 0 Å². The van der Waals surface area contributed by atoms with E-state index in [0.717, 1.165) is 13.1 Å². The number of benzene rings is 2. The van der Waals surface area contributed by atoms with Crippen molar-refractivity contribution in [1.82, 2.24) is 9.21 Å². The first kappa shape index (κ1) is 17.4. The first-order valence-corrected chi connectivity index (χ1v) is 9.85. The van der Waals surface area contributed by atoms with Gasteiger partial charge in [-0.05, 0) is 36.8 Å². The molecule has 1 atom stereocenters. The third kappa shape index (κ3) is 3.64. The Hall–Kier alpha value is -1.40. The number of rotatable bonds is 4. The van der Waals surface area contributed by atoms with Gasteiger partial charge in [-0.1, -0.05) is 41.9 Å². The number of nitrogens with zero attached hydrogens (tertiary/aromatic N) is 2. The van der Waals surface area contributed by atoms with Gasteiger partial charge in [0, 0.05) is 37.2 Å². The molecule has 4 nitrogen and oxygen atoms in total. The Kier molecular flexibility index (Phi) is 5.25. The fourth-order valence-corrected chi connectivity index (χ4v) is 4.58. The van der Waals surface area contributed by atoms with Crippen LogP contribution in [0.2, 0.25) is 5.02 Å². The molecule has 2 aromatic rings. The summed E-state index contributed by atoms with van der Waals surface area (Å²) in [6.45, 7) is 4.62. The van der Waals surface area contributed by atoms with E-state index in [-0.39, 0.29) is 6.04 Å². The van der Waals surface area contributed by atoms with Crippen LogP contribution in [0.3, 0.4) is 0 Å². The van der Waals surface area contributed by atoms with Crippen LogP contribution < -0.4 is 0 Å². The number of piperazine rings is 1. The average Bonchev–Trinajstić information content (AvgIpc) is 2.62. The number of halogens is 1. The van der Waals surface area contributed by atoms with E-state index in [1.807, 2.05) is 18.2 Å². The lowest BCUT2D eigenvalue weighted by Gasteiger charge is -2.37. The van der Waals surface area contributed by atoms with Crippen LogP contribution in [0.25, 0.3) is 0 Å².